The number of hydrogen-bond acceptors (Lipinski definition) is 2. The number of benzene rings is 1. The molecule has 6 heteroatoms. The molecular weight excluding hydrogens is 389 g/mol. The molecule has 162 valence electrons. The molecule has 3 fully saturated rings. The van der Waals surface area contributed by atoms with Gasteiger partial charge in [-0.2, -0.15) is 13.2 Å². The monoisotopic (exact) mass is 418 g/mol. The smallest absolute Gasteiger partial charge is 0.339 e. The van der Waals surface area contributed by atoms with Crippen molar-refractivity contribution in [1.29, 1.82) is 0 Å². The van der Waals surface area contributed by atoms with Gasteiger partial charge >= 0.3 is 6.18 Å². The van der Waals surface area contributed by atoms with Crippen LogP contribution in [0.25, 0.3) is 0 Å². The number of allylic oxidation sites excluding steroid dienone is 2. The average molecular weight is 419 g/mol. The predicted octanol–water partition coefficient (Wildman–Crippen LogP) is 4.78. The van der Waals surface area contributed by atoms with Gasteiger partial charge in [0, 0.05) is 25.6 Å². The summed E-state index contributed by atoms with van der Waals surface area (Å²) in [5.41, 5.74) is 0.575. The molecule has 1 heterocycles. The van der Waals surface area contributed by atoms with Crippen molar-refractivity contribution >= 4 is 5.91 Å². The molecule has 2 bridgehead atoms. The maximum atomic E-state index is 12.9. The van der Waals surface area contributed by atoms with Crippen LogP contribution in [0.4, 0.5) is 13.2 Å². The van der Waals surface area contributed by atoms with Gasteiger partial charge in [-0.15, -0.1) is 0 Å². The minimum atomic E-state index is -4.31. The summed E-state index contributed by atoms with van der Waals surface area (Å²) in [6.45, 7) is 1.99. The quantitative estimate of drug-likeness (QED) is 0.511. The number of halogens is 3. The van der Waals surface area contributed by atoms with Crippen molar-refractivity contribution in [1.82, 2.24) is 10.2 Å². The third-order valence-corrected chi connectivity index (χ3v) is 7.97. The van der Waals surface area contributed by atoms with Crippen LogP contribution in [0.5, 0.6) is 0 Å². The van der Waals surface area contributed by atoms with E-state index in [0.717, 1.165) is 31.4 Å². The number of nitrogens with zero attached hydrogens (tertiary/aromatic N) is 1. The van der Waals surface area contributed by atoms with E-state index >= 15 is 0 Å². The van der Waals surface area contributed by atoms with Gasteiger partial charge in [-0.25, -0.2) is 0 Å². The van der Waals surface area contributed by atoms with Crippen LogP contribution in [-0.4, -0.2) is 29.9 Å². The molecule has 3 aliphatic carbocycles. The van der Waals surface area contributed by atoms with Crippen molar-refractivity contribution in [2.45, 2.75) is 57.3 Å². The first-order valence-electron chi connectivity index (χ1n) is 11.2. The Morgan fingerprint density at radius 1 is 1.20 bits per heavy atom. The van der Waals surface area contributed by atoms with Crippen molar-refractivity contribution in [3.8, 4) is 0 Å². The number of hydrogen-bond donors (Lipinski definition) is 1. The first-order chi connectivity index (χ1) is 14.4. The summed E-state index contributed by atoms with van der Waals surface area (Å²) in [4.78, 5) is 14.6. The third-order valence-electron chi connectivity index (χ3n) is 7.97. The second kappa shape index (κ2) is 7.40. The Hall–Kier alpha value is -1.82. The SMILES string of the molecule is O=C1CC[C@H](CCNCc2cccc(C(F)(F)F)c2)N1C[C@H]1C[C@H]2C=C[C@H]1C21CC1. The van der Waals surface area contributed by atoms with Gasteiger partial charge < -0.3 is 10.2 Å². The lowest BCUT2D eigenvalue weighted by Crippen LogP contribution is -2.39. The molecular formula is C24H29F3N2O. The minimum absolute atomic E-state index is 0.254. The molecule has 1 amide bonds. The normalized spacial score (nSPS) is 31.3. The molecule has 0 radical (unpaired) electrons. The van der Waals surface area contributed by atoms with E-state index in [1.807, 2.05) is 0 Å². The molecule has 1 N–H and O–H groups in total. The number of amides is 1. The van der Waals surface area contributed by atoms with E-state index in [1.165, 1.54) is 31.4 Å². The summed E-state index contributed by atoms with van der Waals surface area (Å²) in [5, 5.41) is 3.27. The predicted molar refractivity (Wildman–Crippen MR) is 108 cm³/mol. The Bertz CT molecular complexity index is 845. The van der Waals surface area contributed by atoms with Gasteiger partial charge in [-0.1, -0.05) is 30.4 Å². The topological polar surface area (TPSA) is 32.3 Å². The van der Waals surface area contributed by atoms with E-state index in [4.69, 9.17) is 0 Å². The Morgan fingerprint density at radius 3 is 2.77 bits per heavy atom. The van der Waals surface area contributed by atoms with E-state index in [0.29, 0.717) is 42.3 Å². The minimum Gasteiger partial charge on any atom is -0.339 e. The number of carbonyl (C=O) groups excluding carboxylic acids is 1. The Morgan fingerprint density at radius 2 is 2.03 bits per heavy atom. The highest BCUT2D eigenvalue weighted by Gasteiger charge is 2.62. The lowest BCUT2D eigenvalue weighted by molar-refractivity contribution is -0.137. The largest absolute Gasteiger partial charge is 0.416 e. The fourth-order valence-corrected chi connectivity index (χ4v) is 6.29. The molecule has 4 aliphatic rings. The van der Waals surface area contributed by atoms with Crippen LogP contribution in [0, 0.1) is 23.2 Å². The molecule has 1 aromatic carbocycles. The van der Waals surface area contributed by atoms with Crippen molar-refractivity contribution in [2.24, 2.45) is 23.2 Å². The molecule has 3 nitrogen and oxygen atoms in total. The van der Waals surface area contributed by atoms with E-state index < -0.39 is 11.7 Å². The second-order valence-corrected chi connectivity index (χ2v) is 9.65. The summed E-state index contributed by atoms with van der Waals surface area (Å²) in [6.07, 6.45) is 6.82. The number of likely N-dealkylation sites (tertiary alicyclic amines) is 1. The number of alkyl halides is 3. The molecule has 2 saturated carbocycles. The summed E-state index contributed by atoms with van der Waals surface area (Å²) >= 11 is 0. The summed E-state index contributed by atoms with van der Waals surface area (Å²) in [5.74, 6) is 2.27. The fourth-order valence-electron chi connectivity index (χ4n) is 6.29. The number of nitrogens with one attached hydrogen (secondary N) is 1. The highest BCUT2D eigenvalue weighted by Crippen LogP contribution is 2.70. The molecule has 1 saturated heterocycles. The molecule has 5 rings (SSSR count). The number of carbonyl (C=O) groups is 1. The lowest BCUT2D eigenvalue weighted by atomic mass is 9.88. The van der Waals surface area contributed by atoms with Gasteiger partial charge in [0.25, 0.3) is 0 Å². The van der Waals surface area contributed by atoms with Crippen LogP contribution < -0.4 is 5.32 Å². The van der Waals surface area contributed by atoms with Crippen LogP contribution in [-0.2, 0) is 17.5 Å². The van der Waals surface area contributed by atoms with Crippen molar-refractivity contribution < 1.29 is 18.0 Å². The summed E-state index contributed by atoms with van der Waals surface area (Å²) in [7, 11) is 0. The average Bonchev–Trinajstić information content (AvgIpc) is 3.26. The second-order valence-electron chi connectivity index (χ2n) is 9.65. The van der Waals surface area contributed by atoms with Crippen LogP contribution >= 0.6 is 0 Å². The standard InChI is InChI=1S/C24H29F3N2O/c25-24(26,27)19-3-1-2-16(12-19)14-28-11-8-20-5-7-22(30)29(20)15-17-13-18-4-6-21(17)23(18)9-10-23/h1-4,6,12,17-18,20-21,28H,5,7-11,13-15H2/t17-,18-,20-,21-/m1/s1. The van der Waals surface area contributed by atoms with E-state index in [-0.39, 0.29) is 11.9 Å². The van der Waals surface area contributed by atoms with E-state index in [1.54, 1.807) is 6.07 Å². The van der Waals surface area contributed by atoms with Crippen molar-refractivity contribution in [3.63, 3.8) is 0 Å². The van der Waals surface area contributed by atoms with Gasteiger partial charge in [0.1, 0.15) is 0 Å². The van der Waals surface area contributed by atoms with Crippen molar-refractivity contribution in [3.05, 3.63) is 47.5 Å². The summed E-state index contributed by atoms with van der Waals surface area (Å²) < 4.78 is 38.6. The van der Waals surface area contributed by atoms with Gasteiger partial charge in [-0.05, 0) is 73.4 Å². The van der Waals surface area contributed by atoms with E-state index in [2.05, 4.69) is 22.4 Å². The lowest BCUT2D eigenvalue weighted by Gasteiger charge is -2.30. The molecule has 30 heavy (non-hydrogen) atoms. The van der Waals surface area contributed by atoms with Crippen LogP contribution in [0.3, 0.4) is 0 Å². The Labute approximate surface area is 175 Å². The maximum Gasteiger partial charge on any atom is 0.416 e. The van der Waals surface area contributed by atoms with Crippen molar-refractivity contribution in [2.75, 3.05) is 13.1 Å². The fraction of sp³-hybridized carbons (Fsp3) is 0.625. The highest BCUT2D eigenvalue weighted by atomic mass is 19.4. The van der Waals surface area contributed by atoms with Gasteiger partial charge in [0.15, 0.2) is 0 Å². The Balaban J connectivity index is 1.12. The summed E-state index contributed by atoms with van der Waals surface area (Å²) in [6, 6.07) is 5.72. The molecule has 1 aliphatic heterocycles. The zero-order valence-electron chi connectivity index (χ0n) is 17.1. The molecule has 0 aromatic heterocycles. The molecule has 4 atom stereocenters. The van der Waals surface area contributed by atoms with Crippen LogP contribution in [0.1, 0.15) is 49.7 Å². The van der Waals surface area contributed by atoms with E-state index in [9.17, 15) is 18.0 Å². The first kappa shape index (κ1) is 20.1. The number of rotatable bonds is 7. The Kier molecular flexibility index (Phi) is 4.96. The molecule has 1 spiro atoms. The molecule has 1 aromatic rings. The van der Waals surface area contributed by atoms with Crippen LogP contribution in [0.15, 0.2) is 36.4 Å². The third kappa shape index (κ3) is 3.57. The van der Waals surface area contributed by atoms with Gasteiger partial charge in [-0.3, -0.25) is 4.79 Å². The van der Waals surface area contributed by atoms with Crippen LogP contribution in [0.2, 0.25) is 0 Å². The van der Waals surface area contributed by atoms with Gasteiger partial charge in [0.05, 0.1) is 5.56 Å². The highest BCUT2D eigenvalue weighted by molar-refractivity contribution is 5.78. The molecule has 0 unspecified atom stereocenters. The maximum absolute atomic E-state index is 12.9. The zero-order chi connectivity index (χ0) is 20.9. The van der Waals surface area contributed by atoms with Gasteiger partial charge in [0.2, 0.25) is 5.91 Å². The zero-order valence-corrected chi connectivity index (χ0v) is 17.1. The first-order valence-corrected chi connectivity index (χ1v) is 11.2.